The lowest BCUT2D eigenvalue weighted by Crippen LogP contribution is -2.19. The van der Waals surface area contributed by atoms with Crippen molar-refractivity contribution in [2.24, 2.45) is 7.05 Å². The minimum absolute atomic E-state index is 0.0375. The van der Waals surface area contributed by atoms with E-state index in [-0.39, 0.29) is 11.2 Å². The highest BCUT2D eigenvalue weighted by atomic mass is 16.1. The van der Waals surface area contributed by atoms with Crippen LogP contribution in [0.25, 0.3) is 0 Å². The van der Waals surface area contributed by atoms with E-state index in [9.17, 15) is 4.79 Å². The zero-order valence-electron chi connectivity index (χ0n) is 9.46. The Balaban J connectivity index is 3.15. The minimum atomic E-state index is -0.0754. The van der Waals surface area contributed by atoms with E-state index in [1.54, 1.807) is 4.57 Å². The fraction of sp³-hybridized carbons (Fsp3) is 0.700. The normalized spacial score (nSPS) is 11.8. The third-order valence-corrected chi connectivity index (χ3v) is 2.12. The second kappa shape index (κ2) is 3.52. The number of carbonyl (C=O) groups is 1. The third kappa shape index (κ3) is 1.84. The summed E-state index contributed by atoms with van der Waals surface area (Å²) in [5.74, 6) is 1.34. The number of aromatic nitrogens is 3. The van der Waals surface area contributed by atoms with Crippen molar-refractivity contribution in [1.29, 1.82) is 0 Å². The minimum Gasteiger partial charge on any atom is -0.311 e. The van der Waals surface area contributed by atoms with Crippen LogP contribution in [0, 0.1) is 0 Å². The van der Waals surface area contributed by atoms with E-state index in [0.717, 1.165) is 5.82 Å². The molecule has 0 aliphatic rings. The molecule has 1 aromatic heterocycles. The predicted octanol–water partition coefficient (Wildman–Crippen LogP) is 1.71. The van der Waals surface area contributed by atoms with Gasteiger partial charge >= 0.3 is 0 Å². The summed E-state index contributed by atoms with van der Waals surface area (Å²) in [5, 5.41) is 7.96. The Morgan fingerprint density at radius 3 is 2.29 bits per heavy atom. The Morgan fingerprint density at radius 2 is 1.93 bits per heavy atom. The van der Waals surface area contributed by atoms with Crippen LogP contribution < -0.4 is 0 Å². The summed E-state index contributed by atoms with van der Waals surface area (Å²) in [6.45, 7) is 7.99. The largest absolute Gasteiger partial charge is 0.311 e. The van der Waals surface area contributed by atoms with Gasteiger partial charge in [-0.05, 0) is 0 Å². The van der Waals surface area contributed by atoms with Gasteiger partial charge in [-0.15, -0.1) is 10.2 Å². The van der Waals surface area contributed by atoms with E-state index in [2.05, 4.69) is 31.0 Å². The van der Waals surface area contributed by atoms with Gasteiger partial charge in [-0.1, -0.05) is 27.7 Å². The number of nitrogens with zero attached hydrogens (tertiary/aromatic N) is 3. The zero-order valence-corrected chi connectivity index (χ0v) is 9.46. The molecule has 0 saturated carbocycles. The van der Waals surface area contributed by atoms with Gasteiger partial charge in [-0.3, -0.25) is 4.79 Å². The lowest BCUT2D eigenvalue weighted by atomic mass is 9.96. The van der Waals surface area contributed by atoms with E-state index in [1.165, 1.54) is 0 Å². The fourth-order valence-electron chi connectivity index (χ4n) is 1.38. The maximum atomic E-state index is 11.5. The summed E-state index contributed by atoms with van der Waals surface area (Å²) in [6.07, 6.45) is 0.468. The van der Waals surface area contributed by atoms with Crippen LogP contribution in [-0.4, -0.2) is 20.5 Å². The van der Waals surface area contributed by atoms with Crippen LogP contribution in [0.4, 0.5) is 0 Å². The van der Waals surface area contributed by atoms with Gasteiger partial charge in [0.1, 0.15) is 5.82 Å². The van der Waals surface area contributed by atoms with E-state index >= 15 is 0 Å². The van der Waals surface area contributed by atoms with Gasteiger partial charge in [0.25, 0.3) is 0 Å². The Kier molecular flexibility index (Phi) is 2.73. The first-order valence-corrected chi connectivity index (χ1v) is 4.81. The Bertz CT molecular complexity index is 347. The molecule has 0 bridgehead atoms. The lowest BCUT2D eigenvalue weighted by molar-refractivity contribution is 0.0974. The van der Waals surface area contributed by atoms with Crippen molar-refractivity contribution in [3.05, 3.63) is 11.6 Å². The first kappa shape index (κ1) is 10.9. The van der Waals surface area contributed by atoms with Crippen LogP contribution in [-0.2, 0) is 12.5 Å². The summed E-state index contributed by atoms with van der Waals surface area (Å²) in [5.41, 5.74) is -0.0754. The van der Waals surface area contributed by atoms with Crippen molar-refractivity contribution in [2.75, 3.05) is 0 Å². The van der Waals surface area contributed by atoms with Crippen LogP contribution in [0.5, 0.6) is 0 Å². The van der Waals surface area contributed by atoms with Crippen LogP contribution in [0.2, 0.25) is 0 Å². The monoisotopic (exact) mass is 195 g/mol. The molecule has 14 heavy (non-hydrogen) atoms. The van der Waals surface area contributed by atoms with E-state index in [4.69, 9.17) is 0 Å². The number of rotatable bonds is 2. The lowest BCUT2D eigenvalue weighted by Gasteiger charge is -2.16. The summed E-state index contributed by atoms with van der Waals surface area (Å²) < 4.78 is 1.78. The molecule has 4 heteroatoms. The molecule has 0 fully saturated rings. The molecule has 0 spiro atoms. The number of carbonyl (C=O) groups excluding carboxylic acids is 1. The molecule has 4 nitrogen and oxygen atoms in total. The molecule has 0 aliphatic heterocycles. The predicted molar refractivity (Wildman–Crippen MR) is 54.3 cm³/mol. The molecule has 0 saturated heterocycles. The van der Waals surface area contributed by atoms with Gasteiger partial charge in [0.05, 0.1) is 0 Å². The SMILES string of the molecule is CCC(=O)c1nnc(C(C)(C)C)n1C. The number of Topliss-reactive ketones (excluding diaryl/α,β-unsaturated/α-hetero) is 1. The second-order valence-electron chi connectivity index (χ2n) is 4.43. The van der Waals surface area contributed by atoms with Crippen molar-refractivity contribution in [3.8, 4) is 0 Å². The zero-order chi connectivity index (χ0) is 10.9. The topological polar surface area (TPSA) is 47.8 Å². The maximum Gasteiger partial charge on any atom is 0.199 e. The third-order valence-electron chi connectivity index (χ3n) is 2.12. The Hall–Kier alpha value is -1.19. The fourth-order valence-corrected chi connectivity index (χ4v) is 1.38. The van der Waals surface area contributed by atoms with Crippen LogP contribution in [0.1, 0.15) is 50.6 Å². The number of ketones is 1. The first-order valence-electron chi connectivity index (χ1n) is 4.81. The van der Waals surface area contributed by atoms with Crippen molar-refractivity contribution >= 4 is 5.78 Å². The average molecular weight is 195 g/mol. The highest BCUT2D eigenvalue weighted by Gasteiger charge is 2.23. The molecule has 1 aromatic rings. The van der Waals surface area contributed by atoms with Crippen LogP contribution in [0.15, 0.2) is 0 Å². The molecule has 0 unspecified atom stereocenters. The highest BCUT2D eigenvalue weighted by Crippen LogP contribution is 2.20. The van der Waals surface area contributed by atoms with Gasteiger partial charge in [0, 0.05) is 18.9 Å². The van der Waals surface area contributed by atoms with Crippen molar-refractivity contribution in [3.63, 3.8) is 0 Å². The summed E-state index contributed by atoms with van der Waals surface area (Å²) in [7, 11) is 1.84. The number of hydrogen-bond acceptors (Lipinski definition) is 3. The van der Waals surface area contributed by atoms with E-state index in [1.807, 2.05) is 14.0 Å². The molecule has 1 rings (SSSR count). The smallest absolute Gasteiger partial charge is 0.199 e. The Labute approximate surface area is 84.3 Å². The molecule has 1 heterocycles. The van der Waals surface area contributed by atoms with E-state index in [0.29, 0.717) is 12.2 Å². The highest BCUT2D eigenvalue weighted by molar-refractivity contribution is 5.92. The molecule has 0 atom stereocenters. The van der Waals surface area contributed by atoms with Gasteiger partial charge in [-0.2, -0.15) is 0 Å². The molecular formula is C10H17N3O. The molecule has 0 aliphatic carbocycles. The summed E-state index contributed by atoms with van der Waals surface area (Å²) >= 11 is 0. The standard InChI is InChI=1S/C10H17N3O/c1-6-7(14)8-11-12-9(13(8)5)10(2,3)4/h6H2,1-5H3. The summed E-state index contributed by atoms with van der Waals surface area (Å²) in [6, 6.07) is 0. The van der Waals surface area contributed by atoms with Gasteiger partial charge in [-0.25, -0.2) is 0 Å². The van der Waals surface area contributed by atoms with Crippen molar-refractivity contribution in [2.45, 2.75) is 39.5 Å². The Morgan fingerprint density at radius 1 is 1.36 bits per heavy atom. The average Bonchev–Trinajstić information content (AvgIpc) is 2.45. The second-order valence-corrected chi connectivity index (χ2v) is 4.43. The van der Waals surface area contributed by atoms with E-state index < -0.39 is 0 Å². The van der Waals surface area contributed by atoms with Crippen molar-refractivity contribution < 1.29 is 4.79 Å². The summed E-state index contributed by atoms with van der Waals surface area (Å²) in [4.78, 5) is 11.5. The molecule has 0 N–H and O–H groups in total. The molecule has 0 radical (unpaired) electrons. The quantitative estimate of drug-likeness (QED) is 0.675. The van der Waals surface area contributed by atoms with Gasteiger partial charge < -0.3 is 4.57 Å². The number of hydrogen-bond donors (Lipinski definition) is 0. The van der Waals surface area contributed by atoms with Crippen LogP contribution in [0.3, 0.4) is 0 Å². The maximum absolute atomic E-state index is 11.5. The first-order chi connectivity index (χ1) is 6.38. The van der Waals surface area contributed by atoms with Crippen LogP contribution >= 0.6 is 0 Å². The molecule has 78 valence electrons. The van der Waals surface area contributed by atoms with Crippen molar-refractivity contribution in [1.82, 2.24) is 14.8 Å². The van der Waals surface area contributed by atoms with Gasteiger partial charge in [0.15, 0.2) is 11.6 Å². The molecule has 0 amide bonds. The molecular weight excluding hydrogens is 178 g/mol. The molecule has 0 aromatic carbocycles. The van der Waals surface area contributed by atoms with Gasteiger partial charge in [0.2, 0.25) is 0 Å².